The van der Waals surface area contributed by atoms with E-state index in [0.717, 1.165) is 60.5 Å². The number of para-hydroxylation sites is 1. The molecule has 6 rings (SSSR count). The lowest BCUT2D eigenvalue weighted by atomic mass is 10.2. The second-order valence-corrected chi connectivity index (χ2v) is 8.75. The molecule has 0 saturated carbocycles. The molecule has 8 nitrogen and oxygen atoms in total. The molecule has 9 heteroatoms. The third kappa shape index (κ3) is 3.91. The monoisotopic (exact) mass is 471 g/mol. The average molecular weight is 472 g/mol. The molecule has 5 aromatic rings. The van der Waals surface area contributed by atoms with Crippen molar-refractivity contribution >= 4 is 28.0 Å². The van der Waals surface area contributed by atoms with Crippen molar-refractivity contribution in [3.8, 4) is 5.69 Å². The Morgan fingerprint density at radius 3 is 2.80 bits per heavy atom. The summed E-state index contributed by atoms with van der Waals surface area (Å²) in [6.07, 6.45) is 7.14. The van der Waals surface area contributed by atoms with Crippen LogP contribution < -0.4 is 5.32 Å². The van der Waals surface area contributed by atoms with Gasteiger partial charge in [0.15, 0.2) is 17.0 Å². The van der Waals surface area contributed by atoms with Gasteiger partial charge in [0.05, 0.1) is 23.4 Å². The number of imidazole rings is 2. The van der Waals surface area contributed by atoms with Crippen molar-refractivity contribution in [3.05, 3.63) is 72.8 Å². The quantitative estimate of drug-likeness (QED) is 0.349. The summed E-state index contributed by atoms with van der Waals surface area (Å²) in [6.45, 7) is 2.83. The molecule has 2 aromatic carbocycles. The fourth-order valence-corrected chi connectivity index (χ4v) is 4.77. The molecule has 2 unspecified atom stereocenters. The highest BCUT2D eigenvalue weighted by atomic mass is 19.1. The Morgan fingerprint density at radius 1 is 1.11 bits per heavy atom. The van der Waals surface area contributed by atoms with Crippen molar-refractivity contribution in [3.63, 3.8) is 0 Å². The summed E-state index contributed by atoms with van der Waals surface area (Å²) in [7, 11) is 0. The van der Waals surface area contributed by atoms with Gasteiger partial charge in [0.2, 0.25) is 0 Å². The Bertz CT molecular complexity index is 1470. The number of hydrogen-bond acceptors (Lipinski definition) is 6. The molecule has 0 bridgehead atoms. The molecule has 1 saturated heterocycles. The first-order chi connectivity index (χ1) is 17.2. The standard InChI is InChI=1S/C26H26FN7O/c1-2-19(25-32-20-12-11-17(27)14-21(20)34(25)18-8-4-3-5-9-18)31-24-23-26(29-15-28-24)33(16-30-23)22-10-6-7-13-35-22/h3-5,8-9,11-12,14-16,19,22H,2,6-7,10,13H2,1H3,(H,28,29,31). The molecule has 0 aliphatic carbocycles. The van der Waals surface area contributed by atoms with E-state index < -0.39 is 0 Å². The number of nitrogens with one attached hydrogen (secondary N) is 1. The van der Waals surface area contributed by atoms with E-state index in [0.29, 0.717) is 11.3 Å². The summed E-state index contributed by atoms with van der Waals surface area (Å²) < 4.78 is 24.2. The van der Waals surface area contributed by atoms with E-state index in [9.17, 15) is 4.39 Å². The van der Waals surface area contributed by atoms with Gasteiger partial charge in [-0.15, -0.1) is 0 Å². The summed E-state index contributed by atoms with van der Waals surface area (Å²) in [5.74, 6) is 1.12. The van der Waals surface area contributed by atoms with E-state index in [2.05, 4.69) is 27.2 Å². The van der Waals surface area contributed by atoms with Gasteiger partial charge in [0, 0.05) is 18.4 Å². The average Bonchev–Trinajstić information content (AvgIpc) is 3.50. The van der Waals surface area contributed by atoms with Crippen molar-refractivity contribution in [2.75, 3.05) is 11.9 Å². The van der Waals surface area contributed by atoms with Crippen LogP contribution in [0.25, 0.3) is 27.9 Å². The molecule has 0 amide bonds. The normalized spacial score (nSPS) is 17.1. The fraction of sp³-hybridized carbons (Fsp3) is 0.308. The van der Waals surface area contributed by atoms with Gasteiger partial charge < -0.3 is 10.1 Å². The van der Waals surface area contributed by atoms with Gasteiger partial charge >= 0.3 is 0 Å². The van der Waals surface area contributed by atoms with E-state index in [4.69, 9.17) is 9.72 Å². The Balaban J connectivity index is 1.42. The highest BCUT2D eigenvalue weighted by Crippen LogP contribution is 2.32. The van der Waals surface area contributed by atoms with Crippen LogP contribution in [0, 0.1) is 5.82 Å². The van der Waals surface area contributed by atoms with Crippen LogP contribution in [0.2, 0.25) is 0 Å². The number of rotatable bonds is 6. The van der Waals surface area contributed by atoms with Crippen LogP contribution >= 0.6 is 0 Å². The molecular formula is C26H26FN7O. The van der Waals surface area contributed by atoms with Crippen LogP contribution in [0.4, 0.5) is 10.2 Å². The fourth-order valence-electron chi connectivity index (χ4n) is 4.77. The maximum absolute atomic E-state index is 14.2. The highest BCUT2D eigenvalue weighted by Gasteiger charge is 2.24. The molecule has 4 heterocycles. The summed E-state index contributed by atoms with van der Waals surface area (Å²) in [5.41, 5.74) is 3.80. The summed E-state index contributed by atoms with van der Waals surface area (Å²) >= 11 is 0. The van der Waals surface area contributed by atoms with Crippen molar-refractivity contribution in [1.29, 1.82) is 0 Å². The Hall–Kier alpha value is -3.85. The first kappa shape index (κ1) is 21.7. The zero-order chi connectivity index (χ0) is 23.8. The molecule has 0 spiro atoms. The van der Waals surface area contributed by atoms with Gasteiger partial charge in [0.25, 0.3) is 0 Å². The van der Waals surface area contributed by atoms with Crippen molar-refractivity contribution in [2.45, 2.75) is 44.9 Å². The lowest BCUT2D eigenvalue weighted by Gasteiger charge is -2.23. The maximum Gasteiger partial charge on any atom is 0.167 e. The van der Waals surface area contributed by atoms with Crippen LogP contribution in [0.5, 0.6) is 0 Å². The number of aromatic nitrogens is 6. The predicted molar refractivity (Wildman–Crippen MR) is 132 cm³/mol. The molecule has 3 aromatic heterocycles. The molecular weight excluding hydrogens is 445 g/mol. The smallest absolute Gasteiger partial charge is 0.167 e. The number of benzene rings is 2. The molecule has 35 heavy (non-hydrogen) atoms. The van der Waals surface area contributed by atoms with Crippen LogP contribution in [0.1, 0.15) is 50.7 Å². The highest BCUT2D eigenvalue weighted by molar-refractivity contribution is 5.83. The van der Waals surface area contributed by atoms with E-state index in [-0.39, 0.29) is 18.1 Å². The summed E-state index contributed by atoms with van der Waals surface area (Å²) in [5, 5.41) is 3.55. The van der Waals surface area contributed by atoms with Gasteiger partial charge in [-0.2, -0.15) is 0 Å². The molecule has 1 fully saturated rings. The van der Waals surface area contributed by atoms with Gasteiger partial charge in [-0.1, -0.05) is 25.1 Å². The van der Waals surface area contributed by atoms with Gasteiger partial charge in [0.1, 0.15) is 24.2 Å². The van der Waals surface area contributed by atoms with Crippen LogP contribution in [-0.2, 0) is 4.74 Å². The number of anilines is 1. The minimum Gasteiger partial charge on any atom is -0.358 e. The Kier molecular flexibility index (Phi) is 5.61. The molecule has 1 aliphatic heterocycles. The van der Waals surface area contributed by atoms with E-state index in [1.807, 2.05) is 39.5 Å². The zero-order valence-electron chi connectivity index (χ0n) is 19.4. The number of ether oxygens (including phenoxy) is 1. The van der Waals surface area contributed by atoms with Gasteiger partial charge in [-0.25, -0.2) is 24.3 Å². The minimum absolute atomic E-state index is 0.0596. The van der Waals surface area contributed by atoms with E-state index in [1.54, 1.807) is 18.7 Å². The maximum atomic E-state index is 14.2. The number of hydrogen-bond donors (Lipinski definition) is 1. The molecule has 1 aliphatic rings. The van der Waals surface area contributed by atoms with Crippen molar-refractivity contribution in [1.82, 2.24) is 29.1 Å². The van der Waals surface area contributed by atoms with E-state index in [1.165, 1.54) is 12.1 Å². The predicted octanol–water partition coefficient (Wildman–Crippen LogP) is 5.57. The Morgan fingerprint density at radius 2 is 2.00 bits per heavy atom. The van der Waals surface area contributed by atoms with Crippen LogP contribution in [0.3, 0.4) is 0 Å². The largest absolute Gasteiger partial charge is 0.358 e. The molecule has 0 radical (unpaired) electrons. The van der Waals surface area contributed by atoms with Gasteiger partial charge in [-0.3, -0.25) is 9.13 Å². The second-order valence-electron chi connectivity index (χ2n) is 8.75. The minimum atomic E-state index is -0.296. The summed E-state index contributed by atoms with van der Waals surface area (Å²) in [4.78, 5) is 18.5. The third-order valence-corrected chi connectivity index (χ3v) is 6.51. The lowest BCUT2D eigenvalue weighted by Crippen LogP contribution is -2.18. The number of halogens is 1. The summed E-state index contributed by atoms with van der Waals surface area (Å²) in [6, 6.07) is 14.4. The first-order valence-corrected chi connectivity index (χ1v) is 12.0. The topological polar surface area (TPSA) is 82.7 Å². The Labute approximate surface area is 201 Å². The lowest BCUT2D eigenvalue weighted by molar-refractivity contribution is -0.0298. The number of fused-ring (bicyclic) bond motifs is 2. The third-order valence-electron chi connectivity index (χ3n) is 6.51. The second kappa shape index (κ2) is 9.07. The molecule has 178 valence electrons. The first-order valence-electron chi connectivity index (χ1n) is 12.0. The van der Waals surface area contributed by atoms with Gasteiger partial charge in [-0.05, 0) is 49.9 Å². The molecule has 2 atom stereocenters. The molecule has 1 N–H and O–H groups in total. The zero-order valence-corrected chi connectivity index (χ0v) is 19.4. The SMILES string of the molecule is CCC(Nc1ncnc2c1ncn2C1CCCCO1)c1nc2ccc(F)cc2n1-c1ccccc1. The van der Waals surface area contributed by atoms with Crippen molar-refractivity contribution < 1.29 is 9.13 Å². The van der Waals surface area contributed by atoms with Crippen molar-refractivity contribution in [2.24, 2.45) is 0 Å². The van der Waals surface area contributed by atoms with Crippen LogP contribution in [0.15, 0.2) is 61.2 Å². The van der Waals surface area contributed by atoms with E-state index >= 15 is 0 Å². The van der Waals surface area contributed by atoms with Crippen LogP contribution in [-0.4, -0.2) is 35.7 Å². The number of nitrogens with zero attached hydrogens (tertiary/aromatic N) is 6.